The number of aromatic nitrogens is 1. The normalized spacial score (nSPS) is 14.5. The van der Waals surface area contributed by atoms with E-state index in [2.05, 4.69) is 4.99 Å². The zero-order chi connectivity index (χ0) is 18.3. The van der Waals surface area contributed by atoms with Gasteiger partial charge >= 0.3 is 4.87 Å². The fourth-order valence-corrected chi connectivity index (χ4v) is 3.92. The average Bonchev–Trinajstić information content (AvgIpc) is 3.08. The van der Waals surface area contributed by atoms with Gasteiger partial charge in [-0.05, 0) is 36.8 Å². The maximum Gasteiger partial charge on any atom is 0.310 e. The highest BCUT2D eigenvalue weighted by Crippen LogP contribution is 2.37. The van der Waals surface area contributed by atoms with Crippen LogP contribution in [0.4, 0.5) is 5.69 Å². The van der Waals surface area contributed by atoms with Gasteiger partial charge in [-0.15, -0.1) is 0 Å². The van der Waals surface area contributed by atoms with Crippen molar-refractivity contribution in [2.24, 2.45) is 4.99 Å². The van der Waals surface area contributed by atoms with Gasteiger partial charge in [-0.2, -0.15) is 0 Å². The first-order valence-corrected chi connectivity index (χ1v) is 9.26. The number of rotatable bonds is 3. The second kappa shape index (κ2) is 6.59. The van der Waals surface area contributed by atoms with E-state index in [1.807, 2.05) is 49.4 Å². The van der Waals surface area contributed by atoms with Crippen LogP contribution in [0.1, 0.15) is 22.9 Å². The van der Waals surface area contributed by atoms with E-state index in [0.29, 0.717) is 16.4 Å². The van der Waals surface area contributed by atoms with Crippen LogP contribution >= 0.6 is 22.9 Å². The second-order valence-electron chi connectivity index (χ2n) is 6.04. The summed E-state index contributed by atoms with van der Waals surface area (Å²) in [4.78, 5) is 17.2. The summed E-state index contributed by atoms with van der Waals surface area (Å²) in [7, 11) is 0. The lowest BCUT2D eigenvalue weighted by molar-refractivity contribution is 0.420. The summed E-state index contributed by atoms with van der Waals surface area (Å²) < 4.78 is 1.37. The number of thiazole rings is 1. The van der Waals surface area contributed by atoms with Crippen molar-refractivity contribution in [2.75, 3.05) is 0 Å². The van der Waals surface area contributed by atoms with E-state index in [-0.39, 0.29) is 10.8 Å². The molecule has 1 N–H and O–H groups in total. The molecule has 2 aromatic carbocycles. The molecule has 0 spiro atoms. The smallest absolute Gasteiger partial charge is 0.310 e. The Morgan fingerprint density at radius 2 is 1.92 bits per heavy atom. The Morgan fingerprint density at radius 3 is 2.69 bits per heavy atom. The molecule has 2 heterocycles. The predicted octanol–water partition coefficient (Wildman–Crippen LogP) is 4.96. The molecule has 0 unspecified atom stereocenters. The molecule has 0 aliphatic carbocycles. The molecule has 4 nitrogen and oxygen atoms in total. The second-order valence-corrected chi connectivity index (χ2v) is 7.47. The molecule has 3 aromatic rings. The summed E-state index contributed by atoms with van der Waals surface area (Å²) in [5.74, 6) is -0.0281. The highest BCUT2D eigenvalue weighted by atomic mass is 35.5. The van der Waals surface area contributed by atoms with Crippen LogP contribution < -0.4 is 4.87 Å². The SMILES string of the molecule is CC1=Nc2ccccc2C1=Cc1sc(=O)n(Cc2ccc(Cl)cc2)c1O. The summed E-state index contributed by atoms with van der Waals surface area (Å²) in [6, 6.07) is 15.1. The van der Waals surface area contributed by atoms with Gasteiger partial charge < -0.3 is 5.11 Å². The van der Waals surface area contributed by atoms with Crippen LogP contribution in [0.2, 0.25) is 5.02 Å². The van der Waals surface area contributed by atoms with E-state index < -0.39 is 0 Å². The quantitative estimate of drug-likeness (QED) is 0.695. The molecule has 0 saturated heterocycles. The lowest BCUT2D eigenvalue weighted by atomic mass is 10.0. The van der Waals surface area contributed by atoms with E-state index >= 15 is 0 Å². The standard InChI is InChI=1S/C20H15ClN2O2S/c1-12-16(15-4-2-3-5-17(15)22-12)10-18-19(24)23(20(25)26-18)11-13-6-8-14(21)9-7-13/h2-10,24H,11H2,1H3. The summed E-state index contributed by atoms with van der Waals surface area (Å²) in [6.07, 6.45) is 1.84. The monoisotopic (exact) mass is 382 g/mol. The van der Waals surface area contributed by atoms with E-state index in [0.717, 1.165) is 39.4 Å². The van der Waals surface area contributed by atoms with E-state index in [4.69, 9.17) is 11.6 Å². The van der Waals surface area contributed by atoms with E-state index in [9.17, 15) is 9.90 Å². The molecule has 1 aliphatic rings. The molecule has 0 saturated carbocycles. The molecule has 0 atom stereocenters. The minimum Gasteiger partial charge on any atom is -0.493 e. The van der Waals surface area contributed by atoms with Crippen molar-refractivity contribution in [1.82, 2.24) is 4.57 Å². The van der Waals surface area contributed by atoms with Crippen LogP contribution in [0.5, 0.6) is 5.88 Å². The third-order valence-electron chi connectivity index (χ3n) is 4.30. The zero-order valence-electron chi connectivity index (χ0n) is 13.9. The average molecular weight is 383 g/mol. The molecule has 0 bridgehead atoms. The van der Waals surface area contributed by atoms with Gasteiger partial charge in [0.2, 0.25) is 5.88 Å². The number of nitrogens with zero attached hydrogens (tertiary/aromatic N) is 2. The fourth-order valence-electron chi connectivity index (χ4n) is 2.97. The predicted molar refractivity (Wildman–Crippen MR) is 108 cm³/mol. The van der Waals surface area contributed by atoms with Gasteiger partial charge in [0.05, 0.1) is 17.1 Å². The largest absolute Gasteiger partial charge is 0.493 e. The molecule has 0 radical (unpaired) electrons. The Kier molecular flexibility index (Phi) is 4.26. The molecule has 6 heteroatoms. The number of para-hydroxylation sites is 1. The number of aromatic hydroxyl groups is 1. The van der Waals surface area contributed by atoms with Crippen molar-refractivity contribution >= 4 is 46.0 Å². The van der Waals surface area contributed by atoms with Crippen LogP contribution in [0.25, 0.3) is 11.6 Å². The first-order valence-electron chi connectivity index (χ1n) is 8.07. The fraction of sp³-hybridized carbons (Fsp3) is 0.100. The van der Waals surface area contributed by atoms with Crippen LogP contribution in [-0.4, -0.2) is 15.4 Å². The number of benzene rings is 2. The van der Waals surface area contributed by atoms with Gasteiger partial charge in [-0.1, -0.05) is 53.3 Å². The van der Waals surface area contributed by atoms with Crippen LogP contribution in [0.15, 0.2) is 58.3 Å². The molecular weight excluding hydrogens is 368 g/mol. The Bertz CT molecular complexity index is 1110. The molecule has 0 amide bonds. The van der Waals surface area contributed by atoms with Gasteiger partial charge in [-0.3, -0.25) is 14.4 Å². The topological polar surface area (TPSA) is 54.6 Å². The lowest BCUT2D eigenvalue weighted by Crippen LogP contribution is -2.13. The summed E-state index contributed by atoms with van der Waals surface area (Å²) in [6.45, 7) is 2.22. The minimum absolute atomic E-state index is 0.0281. The number of fused-ring (bicyclic) bond motifs is 1. The number of aliphatic imine (C=N–C) groups is 1. The van der Waals surface area contributed by atoms with Gasteiger partial charge in [-0.25, -0.2) is 0 Å². The van der Waals surface area contributed by atoms with Gasteiger partial charge in [0.15, 0.2) is 0 Å². The van der Waals surface area contributed by atoms with Crippen molar-refractivity contribution < 1.29 is 5.11 Å². The molecule has 26 heavy (non-hydrogen) atoms. The first kappa shape index (κ1) is 16.8. The summed E-state index contributed by atoms with van der Waals surface area (Å²) >= 11 is 6.92. The van der Waals surface area contributed by atoms with Gasteiger partial charge in [0.25, 0.3) is 0 Å². The number of halogens is 1. The lowest BCUT2D eigenvalue weighted by Gasteiger charge is -2.05. The highest BCUT2D eigenvalue weighted by molar-refractivity contribution is 7.10. The maximum atomic E-state index is 12.4. The molecule has 4 rings (SSSR count). The van der Waals surface area contributed by atoms with Crippen LogP contribution in [0, 0.1) is 0 Å². The van der Waals surface area contributed by atoms with Crippen molar-refractivity contribution in [3.05, 3.63) is 79.2 Å². The maximum absolute atomic E-state index is 12.4. The van der Waals surface area contributed by atoms with Gasteiger partial charge in [0.1, 0.15) is 0 Å². The van der Waals surface area contributed by atoms with Crippen molar-refractivity contribution in [3.8, 4) is 5.88 Å². The Balaban J connectivity index is 1.72. The summed E-state index contributed by atoms with van der Waals surface area (Å²) in [5, 5.41) is 11.2. The van der Waals surface area contributed by atoms with Crippen molar-refractivity contribution in [2.45, 2.75) is 13.5 Å². The molecular formula is C20H15ClN2O2S. The minimum atomic E-state index is -0.204. The first-order chi connectivity index (χ1) is 12.5. The number of hydrogen-bond acceptors (Lipinski definition) is 4. The highest BCUT2D eigenvalue weighted by Gasteiger charge is 2.20. The number of hydrogen-bond donors (Lipinski definition) is 1. The molecule has 0 fully saturated rings. The van der Waals surface area contributed by atoms with E-state index in [1.165, 1.54) is 4.57 Å². The Hall–Kier alpha value is -2.63. The van der Waals surface area contributed by atoms with Crippen molar-refractivity contribution in [1.29, 1.82) is 0 Å². The van der Waals surface area contributed by atoms with Crippen LogP contribution in [-0.2, 0) is 6.54 Å². The Labute approximate surface area is 159 Å². The van der Waals surface area contributed by atoms with E-state index in [1.54, 1.807) is 12.1 Å². The Morgan fingerprint density at radius 1 is 1.19 bits per heavy atom. The molecule has 130 valence electrons. The van der Waals surface area contributed by atoms with Crippen LogP contribution in [0.3, 0.4) is 0 Å². The third kappa shape index (κ3) is 3.00. The summed E-state index contributed by atoms with van der Waals surface area (Å²) in [5.41, 5.74) is 4.61. The zero-order valence-corrected chi connectivity index (χ0v) is 15.5. The number of allylic oxidation sites excluding steroid dienone is 1. The molecule has 1 aromatic heterocycles. The van der Waals surface area contributed by atoms with Gasteiger partial charge in [0, 0.05) is 21.9 Å². The molecule has 1 aliphatic heterocycles. The van der Waals surface area contributed by atoms with Crippen molar-refractivity contribution in [3.63, 3.8) is 0 Å². The third-order valence-corrected chi connectivity index (χ3v) is 5.46.